The number of nitrogens with zero attached hydrogens (tertiary/aromatic N) is 1. The van der Waals surface area contributed by atoms with Crippen LogP contribution in [-0.2, 0) is 4.79 Å². The van der Waals surface area contributed by atoms with Gasteiger partial charge in [0.05, 0.1) is 31.7 Å². The molecule has 2 heterocycles. The fourth-order valence-electron chi connectivity index (χ4n) is 4.86. The first-order valence-electron chi connectivity index (χ1n) is 12.3. The van der Waals surface area contributed by atoms with Crippen LogP contribution in [0.1, 0.15) is 59.3 Å². The zero-order valence-corrected chi connectivity index (χ0v) is 19.7. The minimum Gasteiger partial charge on any atom is -0.490 e. The standard InChI is InChI=1S/C29H30N2O4/c32-28(20-24(21-9-3-1-4-10-21)30-29(33)22-11-5-2-6-12-22)31-16-7-13-25(31)23-14-15-26-27(19-23)35-18-8-17-34-26/h1-6,9-12,14-15,19,24-25H,7-8,13,16-18,20H2,(H,30,33)/t24-,25-/m0/s1. The Balaban J connectivity index is 1.34. The Hall–Kier alpha value is -3.80. The summed E-state index contributed by atoms with van der Waals surface area (Å²) in [7, 11) is 0. The molecule has 35 heavy (non-hydrogen) atoms. The highest BCUT2D eigenvalue weighted by molar-refractivity contribution is 5.94. The van der Waals surface area contributed by atoms with Crippen molar-refractivity contribution in [1.82, 2.24) is 10.2 Å². The molecule has 2 atom stereocenters. The number of amides is 2. The van der Waals surface area contributed by atoms with E-state index < -0.39 is 6.04 Å². The normalized spacial score (nSPS) is 17.9. The highest BCUT2D eigenvalue weighted by atomic mass is 16.5. The Labute approximate surface area is 205 Å². The van der Waals surface area contributed by atoms with Gasteiger partial charge in [0.2, 0.25) is 5.91 Å². The Morgan fingerprint density at radius 3 is 2.37 bits per heavy atom. The molecule has 3 aromatic rings. The molecular weight excluding hydrogens is 440 g/mol. The maximum absolute atomic E-state index is 13.6. The van der Waals surface area contributed by atoms with Gasteiger partial charge in [0.25, 0.3) is 5.91 Å². The molecule has 0 saturated carbocycles. The summed E-state index contributed by atoms with van der Waals surface area (Å²) in [4.78, 5) is 28.5. The number of ether oxygens (including phenoxy) is 2. The Kier molecular flexibility index (Phi) is 6.98. The van der Waals surface area contributed by atoms with Gasteiger partial charge in [-0.3, -0.25) is 9.59 Å². The molecule has 0 radical (unpaired) electrons. The first-order valence-corrected chi connectivity index (χ1v) is 12.3. The predicted molar refractivity (Wildman–Crippen MR) is 133 cm³/mol. The van der Waals surface area contributed by atoms with Crippen LogP contribution in [-0.4, -0.2) is 36.5 Å². The first kappa shape index (κ1) is 23.0. The molecular formula is C29H30N2O4. The largest absolute Gasteiger partial charge is 0.490 e. The molecule has 1 saturated heterocycles. The third kappa shape index (κ3) is 5.32. The molecule has 0 aliphatic carbocycles. The van der Waals surface area contributed by atoms with Crippen LogP contribution in [0.15, 0.2) is 78.9 Å². The molecule has 1 fully saturated rings. The number of hydrogen-bond donors (Lipinski definition) is 1. The van der Waals surface area contributed by atoms with Crippen LogP contribution in [0.5, 0.6) is 11.5 Å². The van der Waals surface area contributed by atoms with E-state index in [0.29, 0.717) is 25.3 Å². The molecule has 5 rings (SSSR count). The van der Waals surface area contributed by atoms with Crippen LogP contribution in [0.3, 0.4) is 0 Å². The van der Waals surface area contributed by atoms with E-state index in [1.807, 2.05) is 71.6 Å². The Morgan fingerprint density at radius 1 is 0.886 bits per heavy atom. The lowest BCUT2D eigenvalue weighted by Crippen LogP contribution is -2.36. The number of likely N-dealkylation sites (tertiary alicyclic amines) is 1. The number of carbonyl (C=O) groups excluding carboxylic acids is 2. The average molecular weight is 471 g/mol. The number of nitrogens with one attached hydrogen (secondary N) is 1. The van der Waals surface area contributed by atoms with E-state index in [0.717, 1.165) is 41.9 Å². The summed E-state index contributed by atoms with van der Waals surface area (Å²) in [5.41, 5.74) is 2.55. The van der Waals surface area contributed by atoms with Gasteiger partial charge in [-0.25, -0.2) is 0 Å². The summed E-state index contributed by atoms with van der Waals surface area (Å²) in [6.45, 7) is 1.98. The zero-order chi connectivity index (χ0) is 24.0. The molecule has 0 spiro atoms. The van der Waals surface area contributed by atoms with Crippen LogP contribution >= 0.6 is 0 Å². The maximum atomic E-state index is 13.6. The molecule has 2 aliphatic heterocycles. The van der Waals surface area contributed by atoms with Crippen LogP contribution in [0.25, 0.3) is 0 Å². The highest BCUT2D eigenvalue weighted by Crippen LogP contribution is 2.38. The van der Waals surface area contributed by atoms with Crippen molar-refractivity contribution >= 4 is 11.8 Å². The number of rotatable bonds is 6. The summed E-state index contributed by atoms with van der Waals surface area (Å²) in [6.07, 6.45) is 2.90. The van der Waals surface area contributed by atoms with Crippen LogP contribution in [0.4, 0.5) is 0 Å². The lowest BCUT2D eigenvalue weighted by molar-refractivity contribution is -0.132. The number of carbonyl (C=O) groups is 2. The van der Waals surface area contributed by atoms with E-state index in [4.69, 9.17) is 9.47 Å². The second kappa shape index (κ2) is 10.6. The van der Waals surface area contributed by atoms with E-state index in [1.54, 1.807) is 12.1 Å². The molecule has 0 bridgehead atoms. The Bertz CT molecular complexity index is 1170. The maximum Gasteiger partial charge on any atom is 0.251 e. The van der Waals surface area contributed by atoms with Crippen LogP contribution in [0, 0.1) is 0 Å². The first-order chi connectivity index (χ1) is 17.2. The number of hydrogen-bond acceptors (Lipinski definition) is 4. The van der Waals surface area contributed by atoms with Crippen LogP contribution in [0.2, 0.25) is 0 Å². The number of benzene rings is 3. The van der Waals surface area contributed by atoms with E-state index in [9.17, 15) is 9.59 Å². The average Bonchev–Trinajstić information content (AvgIpc) is 3.28. The van der Waals surface area contributed by atoms with Gasteiger partial charge in [0.1, 0.15) is 0 Å². The van der Waals surface area contributed by atoms with Gasteiger partial charge in [-0.05, 0) is 48.2 Å². The van der Waals surface area contributed by atoms with Crippen LogP contribution < -0.4 is 14.8 Å². The van der Waals surface area contributed by atoms with Gasteiger partial charge in [-0.2, -0.15) is 0 Å². The van der Waals surface area contributed by atoms with Gasteiger partial charge in [-0.15, -0.1) is 0 Å². The predicted octanol–water partition coefficient (Wildman–Crippen LogP) is 5.07. The summed E-state index contributed by atoms with van der Waals surface area (Å²) < 4.78 is 11.6. The van der Waals surface area contributed by atoms with Gasteiger partial charge in [0, 0.05) is 18.5 Å². The summed E-state index contributed by atoms with van der Waals surface area (Å²) in [6, 6.07) is 24.4. The monoisotopic (exact) mass is 470 g/mol. The molecule has 6 heteroatoms. The van der Waals surface area contributed by atoms with Gasteiger partial charge >= 0.3 is 0 Å². The molecule has 2 aliphatic rings. The third-order valence-electron chi connectivity index (χ3n) is 6.65. The highest BCUT2D eigenvalue weighted by Gasteiger charge is 2.32. The lowest BCUT2D eigenvalue weighted by atomic mass is 10.0. The molecule has 1 N–H and O–H groups in total. The number of fused-ring (bicyclic) bond motifs is 1. The second-order valence-corrected chi connectivity index (χ2v) is 9.01. The van der Waals surface area contributed by atoms with Gasteiger partial charge in [-0.1, -0.05) is 54.6 Å². The summed E-state index contributed by atoms with van der Waals surface area (Å²) >= 11 is 0. The fourth-order valence-corrected chi connectivity index (χ4v) is 4.86. The van der Waals surface area contributed by atoms with Gasteiger partial charge < -0.3 is 19.7 Å². The fraction of sp³-hybridized carbons (Fsp3) is 0.310. The molecule has 2 amide bonds. The molecule has 180 valence electrons. The molecule has 6 nitrogen and oxygen atoms in total. The molecule has 0 aromatic heterocycles. The van der Waals surface area contributed by atoms with E-state index in [2.05, 4.69) is 5.32 Å². The Morgan fingerprint density at radius 2 is 1.60 bits per heavy atom. The molecule has 0 unspecified atom stereocenters. The SMILES string of the molecule is O=C(N[C@@H](CC(=O)N1CCC[C@H]1c1ccc2c(c1)OCCCO2)c1ccccc1)c1ccccc1. The van der Waals surface area contributed by atoms with E-state index in [1.165, 1.54) is 0 Å². The quantitative estimate of drug-likeness (QED) is 0.546. The summed E-state index contributed by atoms with van der Waals surface area (Å²) in [5.74, 6) is 1.35. The molecule has 3 aromatic carbocycles. The van der Waals surface area contributed by atoms with Crippen molar-refractivity contribution in [2.75, 3.05) is 19.8 Å². The second-order valence-electron chi connectivity index (χ2n) is 9.01. The summed E-state index contributed by atoms with van der Waals surface area (Å²) in [5, 5.41) is 3.08. The van der Waals surface area contributed by atoms with Gasteiger partial charge in [0.15, 0.2) is 11.5 Å². The van der Waals surface area contributed by atoms with Crippen molar-refractivity contribution in [3.05, 3.63) is 95.6 Å². The van der Waals surface area contributed by atoms with Crippen molar-refractivity contribution in [2.45, 2.75) is 37.8 Å². The minimum absolute atomic E-state index is 0.0131. The van der Waals surface area contributed by atoms with Crippen molar-refractivity contribution in [3.8, 4) is 11.5 Å². The van der Waals surface area contributed by atoms with Crippen molar-refractivity contribution in [3.63, 3.8) is 0 Å². The van der Waals surface area contributed by atoms with Crippen molar-refractivity contribution in [2.24, 2.45) is 0 Å². The smallest absolute Gasteiger partial charge is 0.251 e. The lowest BCUT2D eigenvalue weighted by Gasteiger charge is -2.28. The van der Waals surface area contributed by atoms with Crippen molar-refractivity contribution in [1.29, 1.82) is 0 Å². The van der Waals surface area contributed by atoms with E-state index >= 15 is 0 Å². The van der Waals surface area contributed by atoms with Crippen molar-refractivity contribution < 1.29 is 19.1 Å². The van der Waals surface area contributed by atoms with E-state index in [-0.39, 0.29) is 24.3 Å². The topological polar surface area (TPSA) is 67.9 Å². The zero-order valence-electron chi connectivity index (χ0n) is 19.7. The minimum atomic E-state index is -0.415. The third-order valence-corrected chi connectivity index (χ3v) is 6.65.